The Bertz CT molecular complexity index is 342. The van der Waals surface area contributed by atoms with E-state index in [0.29, 0.717) is 25.7 Å². The molecule has 0 amide bonds. The normalized spacial score (nSPS) is 10.4. The third kappa shape index (κ3) is 5.15. The van der Waals surface area contributed by atoms with Crippen LogP contribution in [0, 0.1) is 0 Å². The van der Waals surface area contributed by atoms with Gasteiger partial charge in [0.25, 0.3) is 0 Å². The maximum absolute atomic E-state index is 5.88. The van der Waals surface area contributed by atoms with Crippen molar-refractivity contribution in [1.29, 1.82) is 0 Å². The van der Waals surface area contributed by atoms with Crippen molar-refractivity contribution in [3.05, 3.63) is 23.8 Å². The maximum atomic E-state index is 5.88. The van der Waals surface area contributed by atoms with Crippen molar-refractivity contribution in [2.24, 2.45) is 0 Å². The largest absolute Gasteiger partial charge is 0.493 e. The summed E-state index contributed by atoms with van der Waals surface area (Å²) in [5, 5.41) is 0. The molecule has 0 aromatic heterocycles. The monoisotopic (exact) mass is 272 g/mol. The fourth-order valence-corrected chi connectivity index (χ4v) is 1.70. The lowest BCUT2D eigenvalue weighted by atomic mass is 10.2. The highest BCUT2D eigenvalue weighted by atomic mass is 35.5. The summed E-state index contributed by atoms with van der Waals surface area (Å²) in [5.41, 5.74) is 0.984. The molecule has 1 rings (SSSR count). The molecule has 0 atom stereocenters. The van der Waals surface area contributed by atoms with Gasteiger partial charge in [-0.1, -0.05) is 13.0 Å². The van der Waals surface area contributed by atoms with E-state index in [9.17, 15) is 0 Å². The summed E-state index contributed by atoms with van der Waals surface area (Å²) < 4.78 is 16.3. The minimum Gasteiger partial charge on any atom is -0.493 e. The van der Waals surface area contributed by atoms with Crippen LogP contribution in [0.25, 0.3) is 0 Å². The summed E-state index contributed by atoms with van der Waals surface area (Å²) in [6.45, 7) is 4.11. The Kier molecular flexibility index (Phi) is 7.62. The summed E-state index contributed by atoms with van der Waals surface area (Å²) in [5.74, 6) is 2.07. The highest BCUT2D eigenvalue weighted by Gasteiger charge is 2.05. The second kappa shape index (κ2) is 9.06. The van der Waals surface area contributed by atoms with Crippen LogP contribution >= 0.6 is 11.6 Å². The van der Waals surface area contributed by atoms with Gasteiger partial charge in [0, 0.05) is 31.8 Å². The zero-order valence-corrected chi connectivity index (χ0v) is 11.8. The van der Waals surface area contributed by atoms with Crippen LogP contribution in [0.3, 0.4) is 0 Å². The number of alkyl halides is 1. The van der Waals surface area contributed by atoms with Gasteiger partial charge in [0.1, 0.15) is 11.5 Å². The van der Waals surface area contributed by atoms with Gasteiger partial charge in [-0.3, -0.25) is 0 Å². The molecular weight excluding hydrogens is 252 g/mol. The molecule has 0 heterocycles. The highest BCUT2D eigenvalue weighted by molar-refractivity contribution is 6.17. The third-order valence-corrected chi connectivity index (χ3v) is 2.69. The summed E-state index contributed by atoms with van der Waals surface area (Å²) >= 11 is 5.88. The molecule has 1 aromatic carbocycles. The Morgan fingerprint density at radius 1 is 1.11 bits per heavy atom. The molecule has 0 bridgehead atoms. The summed E-state index contributed by atoms with van der Waals surface area (Å²) in [6, 6.07) is 5.78. The van der Waals surface area contributed by atoms with Crippen LogP contribution in [-0.2, 0) is 10.6 Å². The highest BCUT2D eigenvalue weighted by Crippen LogP contribution is 2.26. The van der Waals surface area contributed by atoms with Crippen LogP contribution in [0.4, 0.5) is 0 Å². The molecule has 0 fully saturated rings. The standard InChI is InChI=1S/C14H21ClO3/c1-3-7-17-13-6-5-12(11-15)14(10-13)18-9-4-8-16-2/h5-6,10H,3-4,7-9,11H2,1-2H3. The van der Waals surface area contributed by atoms with Crippen LogP contribution in [0.5, 0.6) is 11.5 Å². The molecule has 0 aliphatic rings. The first kappa shape index (κ1) is 15.1. The minimum atomic E-state index is 0.438. The molecular formula is C14H21ClO3. The maximum Gasteiger partial charge on any atom is 0.127 e. The van der Waals surface area contributed by atoms with Gasteiger partial charge in [0.15, 0.2) is 0 Å². The molecule has 0 unspecified atom stereocenters. The average Bonchev–Trinajstić information content (AvgIpc) is 2.41. The number of ether oxygens (including phenoxy) is 3. The zero-order chi connectivity index (χ0) is 13.2. The van der Waals surface area contributed by atoms with Crippen molar-refractivity contribution in [2.75, 3.05) is 26.9 Å². The number of hydrogen-bond donors (Lipinski definition) is 0. The Morgan fingerprint density at radius 3 is 2.61 bits per heavy atom. The van der Waals surface area contributed by atoms with Crippen LogP contribution in [0.1, 0.15) is 25.3 Å². The van der Waals surface area contributed by atoms with E-state index in [1.54, 1.807) is 7.11 Å². The van der Waals surface area contributed by atoms with Crippen molar-refractivity contribution in [2.45, 2.75) is 25.6 Å². The van der Waals surface area contributed by atoms with Gasteiger partial charge in [-0.2, -0.15) is 0 Å². The van der Waals surface area contributed by atoms with Crippen molar-refractivity contribution in [3.8, 4) is 11.5 Å². The van der Waals surface area contributed by atoms with E-state index in [0.717, 1.165) is 29.9 Å². The molecule has 18 heavy (non-hydrogen) atoms. The summed E-state index contributed by atoms with van der Waals surface area (Å²) in [6.07, 6.45) is 1.85. The number of benzene rings is 1. The van der Waals surface area contributed by atoms with Gasteiger partial charge in [-0.05, 0) is 12.5 Å². The Morgan fingerprint density at radius 2 is 1.94 bits per heavy atom. The predicted octanol–water partition coefficient (Wildman–Crippen LogP) is 3.63. The first-order valence-corrected chi connectivity index (χ1v) is 6.78. The van der Waals surface area contributed by atoms with E-state index < -0.39 is 0 Å². The van der Waals surface area contributed by atoms with E-state index in [1.807, 2.05) is 18.2 Å². The van der Waals surface area contributed by atoms with Gasteiger partial charge in [-0.25, -0.2) is 0 Å². The molecule has 102 valence electrons. The molecule has 4 heteroatoms. The third-order valence-electron chi connectivity index (χ3n) is 2.41. The fraction of sp³-hybridized carbons (Fsp3) is 0.571. The first-order valence-electron chi connectivity index (χ1n) is 6.25. The molecule has 3 nitrogen and oxygen atoms in total. The Balaban J connectivity index is 2.60. The molecule has 1 aromatic rings. The van der Waals surface area contributed by atoms with Crippen LogP contribution in [-0.4, -0.2) is 26.9 Å². The van der Waals surface area contributed by atoms with Crippen LogP contribution in [0.15, 0.2) is 18.2 Å². The van der Waals surface area contributed by atoms with Crippen LogP contribution in [0.2, 0.25) is 0 Å². The predicted molar refractivity (Wildman–Crippen MR) is 73.8 cm³/mol. The van der Waals surface area contributed by atoms with E-state index in [1.165, 1.54) is 0 Å². The van der Waals surface area contributed by atoms with Gasteiger partial charge >= 0.3 is 0 Å². The van der Waals surface area contributed by atoms with E-state index in [4.69, 9.17) is 25.8 Å². The SMILES string of the molecule is CCCOc1ccc(CCl)c(OCCCOC)c1. The van der Waals surface area contributed by atoms with Crippen molar-refractivity contribution in [1.82, 2.24) is 0 Å². The Labute approximate surface area is 114 Å². The first-order chi connectivity index (χ1) is 8.81. The van der Waals surface area contributed by atoms with Gasteiger partial charge in [-0.15, -0.1) is 11.6 Å². The summed E-state index contributed by atoms with van der Waals surface area (Å²) in [7, 11) is 1.68. The molecule has 0 saturated carbocycles. The molecule has 0 aliphatic carbocycles. The molecule has 0 spiro atoms. The zero-order valence-electron chi connectivity index (χ0n) is 11.1. The minimum absolute atomic E-state index is 0.438. The number of methoxy groups -OCH3 is 1. The quantitative estimate of drug-likeness (QED) is 0.507. The van der Waals surface area contributed by atoms with Gasteiger partial charge < -0.3 is 14.2 Å². The molecule has 0 saturated heterocycles. The summed E-state index contributed by atoms with van der Waals surface area (Å²) in [4.78, 5) is 0. The number of halogens is 1. The fourth-order valence-electron chi connectivity index (χ4n) is 1.47. The molecule has 0 N–H and O–H groups in total. The molecule has 0 radical (unpaired) electrons. The van der Waals surface area contributed by atoms with Crippen LogP contribution < -0.4 is 9.47 Å². The lowest BCUT2D eigenvalue weighted by molar-refractivity contribution is 0.171. The number of hydrogen-bond acceptors (Lipinski definition) is 3. The van der Waals surface area contributed by atoms with Crippen molar-refractivity contribution >= 4 is 11.6 Å². The second-order valence-electron chi connectivity index (χ2n) is 3.95. The van der Waals surface area contributed by atoms with E-state index in [2.05, 4.69) is 6.92 Å². The lowest BCUT2D eigenvalue weighted by Crippen LogP contribution is -2.03. The number of rotatable bonds is 9. The van der Waals surface area contributed by atoms with E-state index >= 15 is 0 Å². The van der Waals surface area contributed by atoms with Crippen molar-refractivity contribution < 1.29 is 14.2 Å². The lowest BCUT2D eigenvalue weighted by Gasteiger charge is -2.12. The Hall–Kier alpha value is -0.930. The second-order valence-corrected chi connectivity index (χ2v) is 4.21. The van der Waals surface area contributed by atoms with Crippen molar-refractivity contribution in [3.63, 3.8) is 0 Å². The van der Waals surface area contributed by atoms with E-state index in [-0.39, 0.29) is 0 Å². The van der Waals surface area contributed by atoms with Gasteiger partial charge in [0.2, 0.25) is 0 Å². The van der Waals surface area contributed by atoms with Gasteiger partial charge in [0.05, 0.1) is 19.1 Å². The molecule has 0 aliphatic heterocycles. The topological polar surface area (TPSA) is 27.7 Å². The average molecular weight is 273 g/mol. The smallest absolute Gasteiger partial charge is 0.127 e.